The average Bonchev–Trinajstić information content (AvgIpc) is 3.72. The fraction of sp³-hybridized carbons (Fsp3) is 0.791. The number of likely N-dealkylation sites (tertiary alicyclic amines) is 1. The smallest absolute Gasteiger partial charge is 0.481 e. The molecule has 11 atom stereocenters. The number of rotatable bonds is 7. The summed E-state index contributed by atoms with van der Waals surface area (Å²) in [5, 5.41) is 10.3. The van der Waals surface area contributed by atoms with Gasteiger partial charge in [-0.15, -0.1) is 0 Å². The van der Waals surface area contributed by atoms with E-state index in [1.807, 2.05) is 33.8 Å². The molecule has 6 aliphatic rings. The molecule has 1 aromatic rings. The molecule has 10 heteroatoms. The molecule has 1 aromatic heterocycles. The Labute approximate surface area is 313 Å². The van der Waals surface area contributed by atoms with Crippen molar-refractivity contribution in [2.45, 2.75) is 158 Å². The quantitative estimate of drug-likeness (QED) is 0.275. The van der Waals surface area contributed by atoms with E-state index in [1.165, 1.54) is 0 Å². The van der Waals surface area contributed by atoms with Crippen LogP contribution in [0.4, 0.5) is 0 Å². The number of carbonyl (C=O) groups is 4. The molecule has 4 saturated carbocycles. The Morgan fingerprint density at radius 2 is 1.64 bits per heavy atom. The number of nitrogens with zero attached hydrogens (tertiary/aromatic N) is 1. The lowest BCUT2D eigenvalue weighted by molar-refractivity contribution is -0.213. The average molecular weight is 736 g/mol. The first kappa shape index (κ1) is 38.3. The summed E-state index contributed by atoms with van der Waals surface area (Å²) in [6, 6.07) is -0.532. The van der Waals surface area contributed by atoms with Crippen molar-refractivity contribution < 1.29 is 37.9 Å². The minimum absolute atomic E-state index is 0.0247. The number of Topliss-reactive ketones (excluding diaryl/α,β-unsaturated/α-hetero) is 1. The van der Waals surface area contributed by atoms with Crippen molar-refractivity contribution in [3.63, 3.8) is 0 Å². The molecule has 0 radical (unpaired) electrons. The lowest BCUT2D eigenvalue weighted by Gasteiger charge is -2.70. The topological polar surface area (TPSA) is 144 Å². The van der Waals surface area contributed by atoms with Crippen LogP contribution in [-0.4, -0.2) is 52.1 Å². The van der Waals surface area contributed by atoms with E-state index in [-0.39, 0.29) is 70.5 Å². The number of allylic oxidation sites excluding steroid dienone is 2. The van der Waals surface area contributed by atoms with E-state index < -0.39 is 39.4 Å². The van der Waals surface area contributed by atoms with Gasteiger partial charge >= 0.3 is 17.8 Å². The maximum atomic E-state index is 15.0. The zero-order valence-corrected chi connectivity index (χ0v) is 33.4. The van der Waals surface area contributed by atoms with Crippen LogP contribution in [0.15, 0.2) is 25.3 Å². The Morgan fingerprint density at radius 1 is 0.943 bits per heavy atom. The number of ketones is 2. The van der Waals surface area contributed by atoms with Crippen LogP contribution in [0.2, 0.25) is 0 Å². The highest BCUT2D eigenvalue weighted by Gasteiger charge is 2.72. The molecular formula is C43H61NO9. The number of hydrogen-bond donors (Lipinski definition) is 1. The number of carbonyl (C=O) groups excluding carboxylic acids is 3. The van der Waals surface area contributed by atoms with Gasteiger partial charge in [0.1, 0.15) is 5.78 Å². The van der Waals surface area contributed by atoms with Crippen molar-refractivity contribution >= 4 is 23.5 Å². The summed E-state index contributed by atoms with van der Waals surface area (Å²) in [5.74, 6) is -1.88. The summed E-state index contributed by atoms with van der Waals surface area (Å²) in [6.07, 6.45) is 10.4. The second kappa shape index (κ2) is 12.5. The molecule has 0 unspecified atom stereocenters. The maximum absolute atomic E-state index is 15.0. The van der Waals surface area contributed by atoms with Gasteiger partial charge in [-0.1, -0.05) is 47.1 Å². The van der Waals surface area contributed by atoms with E-state index in [9.17, 15) is 24.3 Å². The summed E-state index contributed by atoms with van der Waals surface area (Å²) in [4.78, 5) is 69.8. The zero-order valence-electron chi connectivity index (χ0n) is 33.4. The van der Waals surface area contributed by atoms with Crippen LogP contribution in [0.1, 0.15) is 150 Å². The minimum atomic E-state index is -1.06. The maximum Gasteiger partial charge on any atom is 0.519 e. The predicted octanol–water partition coefficient (Wildman–Crippen LogP) is 7.87. The third-order valence-corrected chi connectivity index (χ3v) is 16.9. The van der Waals surface area contributed by atoms with Gasteiger partial charge in [0.2, 0.25) is 0 Å². The third-order valence-electron chi connectivity index (χ3n) is 16.9. The first-order chi connectivity index (χ1) is 24.7. The Morgan fingerprint density at radius 3 is 2.30 bits per heavy atom. The molecule has 0 bridgehead atoms. The first-order valence-corrected chi connectivity index (χ1v) is 20.2. The van der Waals surface area contributed by atoms with Crippen molar-refractivity contribution in [2.75, 3.05) is 6.54 Å². The number of carboxylic acids is 1. The van der Waals surface area contributed by atoms with Gasteiger partial charge in [0.25, 0.3) is 0 Å². The number of fused-ring (bicyclic) bond motifs is 7. The zero-order chi connectivity index (χ0) is 38.7. The minimum Gasteiger partial charge on any atom is -0.481 e. The summed E-state index contributed by atoms with van der Waals surface area (Å²) < 4.78 is 16.8. The predicted molar refractivity (Wildman–Crippen MR) is 197 cm³/mol. The highest BCUT2D eigenvalue weighted by molar-refractivity contribution is 5.96. The first-order valence-electron chi connectivity index (χ1n) is 20.2. The molecule has 292 valence electrons. The van der Waals surface area contributed by atoms with Gasteiger partial charge in [0.05, 0.1) is 16.9 Å². The molecule has 0 aromatic carbocycles. The fourth-order valence-electron chi connectivity index (χ4n) is 13.6. The summed E-state index contributed by atoms with van der Waals surface area (Å²) in [6.45, 7) is 19.0. The van der Waals surface area contributed by atoms with E-state index in [4.69, 9.17) is 13.6 Å². The van der Waals surface area contributed by atoms with Gasteiger partial charge in [-0.05, 0) is 138 Å². The van der Waals surface area contributed by atoms with E-state index in [0.717, 1.165) is 57.1 Å². The van der Waals surface area contributed by atoms with Crippen LogP contribution in [0.5, 0.6) is 0 Å². The molecule has 1 N–H and O–H groups in total. The molecular weight excluding hydrogens is 674 g/mol. The van der Waals surface area contributed by atoms with Crippen molar-refractivity contribution in [2.24, 2.45) is 50.2 Å². The van der Waals surface area contributed by atoms with Gasteiger partial charge in [-0.3, -0.25) is 24.1 Å². The van der Waals surface area contributed by atoms with Crippen LogP contribution in [0.25, 0.3) is 0 Å². The summed E-state index contributed by atoms with van der Waals surface area (Å²) in [7, 11) is 0. The monoisotopic (exact) mass is 735 g/mol. The Bertz CT molecular complexity index is 1810. The van der Waals surface area contributed by atoms with E-state index in [2.05, 4.69) is 32.6 Å². The Balaban J connectivity index is 1.29. The lowest BCUT2D eigenvalue weighted by atomic mass is 9.33. The van der Waals surface area contributed by atoms with Gasteiger partial charge in [-0.2, -0.15) is 0 Å². The number of esters is 1. The second-order valence-corrected chi connectivity index (χ2v) is 19.9. The van der Waals surface area contributed by atoms with Crippen LogP contribution in [-0.2, 0) is 30.5 Å². The largest absolute Gasteiger partial charge is 0.519 e. The van der Waals surface area contributed by atoms with Gasteiger partial charge in [-0.25, -0.2) is 4.79 Å². The fourth-order valence-corrected chi connectivity index (χ4v) is 13.6. The number of hydrogen-bond acceptors (Lipinski definition) is 9. The number of carboxylic acid groups (broad SMARTS) is 1. The van der Waals surface area contributed by atoms with Gasteiger partial charge < -0.3 is 18.7 Å². The molecule has 10 nitrogen and oxygen atoms in total. The van der Waals surface area contributed by atoms with Crippen LogP contribution >= 0.6 is 0 Å². The molecule has 5 aliphatic carbocycles. The molecule has 2 heterocycles. The summed E-state index contributed by atoms with van der Waals surface area (Å²) in [5.41, 5.74) is -2.00. The van der Waals surface area contributed by atoms with Crippen molar-refractivity contribution in [3.05, 3.63) is 33.8 Å². The highest BCUT2D eigenvalue weighted by Crippen LogP contribution is 2.75. The second-order valence-electron chi connectivity index (χ2n) is 19.9. The number of aliphatic carboxylic acids is 1. The molecule has 53 heavy (non-hydrogen) atoms. The Hall–Kier alpha value is -3.01. The lowest BCUT2D eigenvalue weighted by Crippen LogP contribution is -2.70. The van der Waals surface area contributed by atoms with Crippen molar-refractivity contribution in [1.82, 2.24) is 4.90 Å². The molecule has 5 fully saturated rings. The molecule has 0 spiro atoms. The van der Waals surface area contributed by atoms with Crippen LogP contribution < -0.4 is 5.82 Å². The van der Waals surface area contributed by atoms with Crippen LogP contribution in [0.3, 0.4) is 0 Å². The molecule has 0 amide bonds. The number of ether oxygens (including phenoxy) is 1. The summed E-state index contributed by atoms with van der Waals surface area (Å²) >= 11 is 0. The van der Waals surface area contributed by atoms with Gasteiger partial charge in [0.15, 0.2) is 23.9 Å². The Kier molecular flexibility index (Phi) is 9.03. The molecule has 1 saturated heterocycles. The standard InChI is InChI=1S/C43H61NO9/c1-24(2)33-30(52-37(50)53-33)23-51-36(49)43(9)31-12-15-42(8)34(40(31,6)14-13-32(43)44-20-10-11-28(44)25(3)45)29(46)21-26-27-22-39(5,35(47)48)17-16-38(27,4)18-19-41(26,42)7/h21,24,27-28,31-32,34H,10-20,22-23H2,1-9H3,(H,47,48)/t27-,28+,31+,32-,34+,38+,39-,40-,41+,42+,43-/m0/s1. The molecule has 1 aliphatic heterocycles. The van der Waals surface area contributed by atoms with Crippen LogP contribution in [0, 0.1) is 50.2 Å². The third kappa shape index (κ3) is 5.37. The van der Waals surface area contributed by atoms with E-state index >= 15 is 4.79 Å². The molecule has 7 rings (SSSR count). The van der Waals surface area contributed by atoms with Gasteiger partial charge in [0, 0.05) is 17.9 Å². The van der Waals surface area contributed by atoms with E-state index in [1.54, 1.807) is 6.92 Å². The SMILES string of the molecule is CC(=O)[C@H]1CCCN1[C@H]1CC[C@@]2(C)[C@@H](CC[C@]3(C)[C@@H]2C(=O)C=C2[C@@H]4C[C@@](C)(C(=O)O)CC[C@]4(C)CC[C@]23C)[C@]1(C)C(=O)OCc1oc(=O)oc1C(C)C. The normalized spacial score (nSPS) is 44.0. The highest BCUT2D eigenvalue weighted by atomic mass is 16.6. The van der Waals surface area contributed by atoms with E-state index in [0.29, 0.717) is 31.4 Å². The van der Waals surface area contributed by atoms with Crippen molar-refractivity contribution in [1.29, 1.82) is 0 Å². The van der Waals surface area contributed by atoms with Crippen molar-refractivity contribution in [3.8, 4) is 0 Å².